The smallest absolute Gasteiger partial charge is 0.312 e. The van der Waals surface area contributed by atoms with Crippen LogP contribution < -0.4 is 10.5 Å². The molecule has 88 valence electrons. The molecule has 0 saturated heterocycles. The maximum absolute atomic E-state index is 11.0. The summed E-state index contributed by atoms with van der Waals surface area (Å²) in [5.41, 5.74) is 6.78. The van der Waals surface area contributed by atoms with Crippen LogP contribution in [0.15, 0.2) is 12.1 Å². The molecule has 1 aromatic carbocycles. The monoisotopic (exact) mass is 243 g/mol. The fourth-order valence-corrected chi connectivity index (χ4v) is 1.65. The molecule has 16 heavy (non-hydrogen) atoms. The number of hydrogen-bond acceptors (Lipinski definition) is 3. The van der Waals surface area contributed by atoms with Crippen LogP contribution in [0.2, 0.25) is 5.02 Å². The molecular weight excluding hydrogens is 230 g/mol. The number of benzene rings is 1. The molecule has 1 unspecified atom stereocenters. The van der Waals surface area contributed by atoms with Crippen molar-refractivity contribution >= 4 is 17.6 Å². The van der Waals surface area contributed by atoms with Gasteiger partial charge in [0.15, 0.2) is 0 Å². The van der Waals surface area contributed by atoms with E-state index in [1.165, 1.54) is 7.11 Å². The van der Waals surface area contributed by atoms with E-state index in [0.717, 1.165) is 5.56 Å². The maximum Gasteiger partial charge on any atom is 0.312 e. The molecule has 0 aromatic heterocycles. The first-order valence-corrected chi connectivity index (χ1v) is 5.16. The number of rotatable bonds is 4. The first-order chi connectivity index (χ1) is 7.51. The van der Waals surface area contributed by atoms with Crippen LogP contribution in [0.4, 0.5) is 0 Å². The van der Waals surface area contributed by atoms with Crippen molar-refractivity contribution in [1.29, 1.82) is 0 Å². The van der Waals surface area contributed by atoms with E-state index in [9.17, 15) is 4.79 Å². The van der Waals surface area contributed by atoms with Gasteiger partial charge in [-0.05, 0) is 24.6 Å². The van der Waals surface area contributed by atoms with Crippen LogP contribution in [0.25, 0.3) is 0 Å². The fraction of sp³-hybridized carbons (Fsp3) is 0.364. The van der Waals surface area contributed by atoms with Gasteiger partial charge in [0.2, 0.25) is 0 Å². The third kappa shape index (κ3) is 2.46. The number of ether oxygens (including phenoxy) is 1. The summed E-state index contributed by atoms with van der Waals surface area (Å²) in [6, 6.07) is 3.31. The lowest BCUT2D eigenvalue weighted by molar-refractivity contribution is -0.138. The normalized spacial score (nSPS) is 12.2. The molecule has 1 aromatic rings. The summed E-state index contributed by atoms with van der Waals surface area (Å²) in [7, 11) is 1.49. The minimum Gasteiger partial charge on any atom is -0.496 e. The van der Waals surface area contributed by atoms with E-state index in [4.69, 9.17) is 27.2 Å². The highest BCUT2D eigenvalue weighted by atomic mass is 35.5. The van der Waals surface area contributed by atoms with Crippen molar-refractivity contribution in [3.63, 3.8) is 0 Å². The molecule has 1 atom stereocenters. The number of nitrogens with two attached hydrogens (primary N) is 1. The van der Waals surface area contributed by atoms with Crippen molar-refractivity contribution in [3.05, 3.63) is 28.3 Å². The van der Waals surface area contributed by atoms with Gasteiger partial charge in [0, 0.05) is 17.1 Å². The Balaban J connectivity index is 3.30. The van der Waals surface area contributed by atoms with Gasteiger partial charge in [-0.15, -0.1) is 0 Å². The summed E-state index contributed by atoms with van der Waals surface area (Å²) in [6.45, 7) is 1.83. The second kappa shape index (κ2) is 5.18. The minimum absolute atomic E-state index is 0.00504. The first-order valence-electron chi connectivity index (χ1n) is 4.78. The van der Waals surface area contributed by atoms with E-state index in [1.54, 1.807) is 12.1 Å². The van der Waals surface area contributed by atoms with Gasteiger partial charge in [0.25, 0.3) is 0 Å². The summed E-state index contributed by atoms with van der Waals surface area (Å²) in [6.07, 6.45) is 0. The topological polar surface area (TPSA) is 72.5 Å². The Morgan fingerprint density at radius 1 is 1.62 bits per heavy atom. The van der Waals surface area contributed by atoms with Crippen LogP contribution in [0.1, 0.15) is 17.0 Å². The highest BCUT2D eigenvalue weighted by Crippen LogP contribution is 2.31. The van der Waals surface area contributed by atoms with Crippen molar-refractivity contribution < 1.29 is 14.6 Å². The molecule has 0 heterocycles. The van der Waals surface area contributed by atoms with Crippen molar-refractivity contribution in [2.24, 2.45) is 5.73 Å². The number of halogens is 1. The average molecular weight is 244 g/mol. The Morgan fingerprint density at radius 3 is 2.69 bits per heavy atom. The Hall–Kier alpha value is -1.26. The summed E-state index contributed by atoms with van der Waals surface area (Å²) >= 11 is 5.96. The third-order valence-corrected chi connectivity index (χ3v) is 2.83. The Morgan fingerprint density at radius 2 is 2.25 bits per heavy atom. The Labute approximate surface area is 99.0 Å². The van der Waals surface area contributed by atoms with Crippen LogP contribution >= 0.6 is 11.6 Å². The van der Waals surface area contributed by atoms with Crippen LogP contribution in [0, 0.1) is 6.92 Å². The fourth-order valence-electron chi connectivity index (χ4n) is 1.48. The minimum atomic E-state index is -0.985. The van der Waals surface area contributed by atoms with Gasteiger partial charge in [-0.25, -0.2) is 0 Å². The van der Waals surface area contributed by atoms with E-state index in [1.807, 2.05) is 6.92 Å². The average Bonchev–Trinajstić information content (AvgIpc) is 2.23. The number of aryl methyl sites for hydroxylation is 1. The molecule has 0 aliphatic rings. The molecule has 0 aliphatic heterocycles. The zero-order valence-electron chi connectivity index (χ0n) is 9.16. The Bertz CT molecular complexity index is 406. The standard InChI is InChI=1S/C11H14ClNO3/c1-6-3-10(16-2)7(4-9(6)12)8(5-13)11(14)15/h3-4,8H,5,13H2,1-2H3,(H,14,15). The predicted molar refractivity (Wildman–Crippen MR) is 62.2 cm³/mol. The lowest BCUT2D eigenvalue weighted by atomic mass is 9.97. The van der Waals surface area contributed by atoms with E-state index in [0.29, 0.717) is 16.3 Å². The maximum atomic E-state index is 11.0. The molecule has 4 nitrogen and oxygen atoms in total. The van der Waals surface area contributed by atoms with E-state index in [2.05, 4.69) is 0 Å². The lowest BCUT2D eigenvalue weighted by Crippen LogP contribution is -2.21. The molecule has 0 amide bonds. The number of carboxylic acid groups (broad SMARTS) is 1. The van der Waals surface area contributed by atoms with E-state index < -0.39 is 11.9 Å². The van der Waals surface area contributed by atoms with Crippen molar-refractivity contribution in [2.75, 3.05) is 13.7 Å². The molecule has 5 heteroatoms. The highest BCUT2D eigenvalue weighted by molar-refractivity contribution is 6.31. The van der Waals surface area contributed by atoms with Gasteiger partial charge < -0.3 is 15.6 Å². The molecule has 0 radical (unpaired) electrons. The number of carboxylic acids is 1. The number of methoxy groups -OCH3 is 1. The second-order valence-corrected chi connectivity index (χ2v) is 3.88. The molecule has 3 N–H and O–H groups in total. The van der Waals surface area contributed by atoms with Gasteiger partial charge in [-0.2, -0.15) is 0 Å². The van der Waals surface area contributed by atoms with Crippen LogP contribution in [-0.2, 0) is 4.79 Å². The molecule has 0 bridgehead atoms. The van der Waals surface area contributed by atoms with Crippen LogP contribution in [-0.4, -0.2) is 24.7 Å². The van der Waals surface area contributed by atoms with Crippen molar-refractivity contribution in [1.82, 2.24) is 0 Å². The van der Waals surface area contributed by atoms with Crippen molar-refractivity contribution in [3.8, 4) is 5.75 Å². The first kappa shape index (κ1) is 12.8. The summed E-state index contributed by atoms with van der Waals surface area (Å²) in [4.78, 5) is 11.0. The molecule has 0 spiro atoms. The molecule has 1 rings (SSSR count). The summed E-state index contributed by atoms with van der Waals surface area (Å²) in [5, 5.41) is 9.54. The summed E-state index contributed by atoms with van der Waals surface area (Å²) in [5.74, 6) is -1.28. The van der Waals surface area contributed by atoms with Gasteiger partial charge >= 0.3 is 5.97 Å². The zero-order valence-corrected chi connectivity index (χ0v) is 9.91. The largest absolute Gasteiger partial charge is 0.496 e. The lowest BCUT2D eigenvalue weighted by Gasteiger charge is -2.15. The zero-order chi connectivity index (χ0) is 12.3. The number of aliphatic carboxylic acids is 1. The van der Waals surface area contributed by atoms with Crippen LogP contribution in [0.5, 0.6) is 5.75 Å². The van der Waals surface area contributed by atoms with Crippen LogP contribution in [0.3, 0.4) is 0 Å². The molecule has 0 aliphatic carbocycles. The van der Waals surface area contributed by atoms with E-state index in [-0.39, 0.29) is 6.54 Å². The second-order valence-electron chi connectivity index (χ2n) is 3.47. The number of hydrogen-bond donors (Lipinski definition) is 2. The SMILES string of the molecule is COc1cc(C)c(Cl)cc1C(CN)C(=O)O. The molecule has 0 fully saturated rings. The van der Waals surface area contributed by atoms with Gasteiger partial charge in [-0.3, -0.25) is 4.79 Å². The number of carbonyl (C=O) groups is 1. The quantitative estimate of drug-likeness (QED) is 0.846. The van der Waals surface area contributed by atoms with E-state index >= 15 is 0 Å². The highest BCUT2D eigenvalue weighted by Gasteiger charge is 2.22. The van der Waals surface area contributed by atoms with Crippen molar-refractivity contribution in [2.45, 2.75) is 12.8 Å². The molecule has 0 saturated carbocycles. The predicted octanol–water partition coefficient (Wildman–Crippen LogP) is 1.78. The van der Waals surface area contributed by atoms with Gasteiger partial charge in [0.05, 0.1) is 13.0 Å². The summed E-state index contributed by atoms with van der Waals surface area (Å²) < 4.78 is 5.14. The Kier molecular flexibility index (Phi) is 4.15. The van der Waals surface area contributed by atoms with Gasteiger partial charge in [-0.1, -0.05) is 11.6 Å². The third-order valence-electron chi connectivity index (χ3n) is 2.42. The molecular formula is C11H14ClNO3. The van der Waals surface area contributed by atoms with Gasteiger partial charge in [0.1, 0.15) is 5.75 Å².